The van der Waals surface area contributed by atoms with E-state index in [0.717, 1.165) is 37.5 Å². The Morgan fingerprint density at radius 1 is 1.31 bits per heavy atom. The number of hydrogen-bond donors (Lipinski definition) is 2. The summed E-state index contributed by atoms with van der Waals surface area (Å²) in [6, 6.07) is 3.07. The van der Waals surface area contributed by atoms with Crippen LogP contribution in [-0.4, -0.2) is 53.9 Å². The summed E-state index contributed by atoms with van der Waals surface area (Å²) in [5.41, 5.74) is 2.46. The second-order valence-corrected chi connectivity index (χ2v) is 6.96. The standard InChI is InChI=1S/C19H18F5N5O3/c1-18(19(23,24)9-31-8-15(25)29-18)11-4-10(2-3-12(11)20)28-17(30)13-5-27-16(6-26-13)32-7-14(21)22/h2-6,14H,7-9H2,1H3,(H2,25,29)(H,28,30). The molecule has 3 rings (SSSR count). The van der Waals surface area contributed by atoms with Gasteiger partial charge >= 0.3 is 0 Å². The van der Waals surface area contributed by atoms with E-state index in [0.29, 0.717) is 0 Å². The van der Waals surface area contributed by atoms with E-state index in [9.17, 15) is 26.7 Å². The molecule has 3 N–H and O–H groups in total. The molecule has 1 aromatic carbocycles. The summed E-state index contributed by atoms with van der Waals surface area (Å²) in [5, 5.41) is 2.38. The highest BCUT2D eigenvalue weighted by Crippen LogP contribution is 2.44. The fourth-order valence-electron chi connectivity index (χ4n) is 2.91. The number of hydrogen-bond acceptors (Lipinski definition) is 7. The van der Waals surface area contributed by atoms with Gasteiger partial charge in [0, 0.05) is 11.3 Å². The lowest BCUT2D eigenvalue weighted by atomic mass is 9.85. The lowest BCUT2D eigenvalue weighted by Gasteiger charge is -2.33. The molecular formula is C19H18F5N5O3. The summed E-state index contributed by atoms with van der Waals surface area (Å²) in [6.45, 7) is -1.24. The Morgan fingerprint density at radius 2 is 2.06 bits per heavy atom. The van der Waals surface area contributed by atoms with Crippen LogP contribution in [-0.2, 0) is 10.3 Å². The first-order chi connectivity index (χ1) is 15.0. The normalized spacial score (nSPS) is 20.4. The lowest BCUT2D eigenvalue weighted by molar-refractivity contribution is -0.116. The third-order valence-electron chi connectivity index (χ3n) is 4.58. The topological polar surface area (TPSA) is 112 Å². The number of nitrogens with zero attached hydrogens (tertiary/aromatic N) is 3. The van der Waals surface area contributed by atoms with E-state index in [1.165, 1.54) is 0 Å². The summed E-state index contributed by atoms with van der Waals surface area (Å²) in [4.78, 5) is 23.6. The maximum absolute atomic E-state index is 14.7. The van der Waals surface area contributed by atoms with Crippen molar-refractivity contribution in [3.63, 3.8) is 0 Å². The number of carbonyl (C=O) groups is 1. The summed E-state index contributed by atoms with van der Waals surface area (Å²) >= 11 is 0. The highest BCUT2D eigenvalue weighted by Gasteiger charge is 2.54. The first-order valence-corrected chi connectivity index (χ1v) is 9.16. The van der Waals surface area contributed by atoms with Crippen LogP contribution < -0.4 is 15.8 Å². The summed E-state index contributed by atoms with van der Waals surface area (Å²) in [7, 11) is 0. The zero-order valence-electron chi connectivity index (χ0n) is 16.6. The largest absolute Gasteiger partial charge is 0.470 e. The van der Waals surface area contributed by atoms with Gasteiger partial charge in [0.1, 0.15) is 30.6 Å². The van der Waals surface area contributed by atoms with Gasteiger partial charge in [0.15, 0.2) is 12.1 Å². The molecular weight excluding hydrogens is 441 g/mol. The zero-order chi connectivity index (χ0) is 23.5. The van der Waals surface area contributed by atoms with E-state index in [2.05, 4.69) is 25.0 Å². The van der Waals surface area contributed by atoms with Crippen molar-refractivity contribution < 1.29 is 36.2 Å². The maximum atomic E-state index is 14.7. The number of nitrogens with one attached hydrogen (secondary N) is 1. The molecule has 13 heteroatoms. The third kappa shape index (κ3) is 4.93. The Morgan fingerprint density at radius 3 is 2.72 bits per heavy atom. The van der Waals surface area contributed by atoms with Crippen molar-refractivity contribution in [1.29, 1.82) is 0 Å². The smallest absolute Gasteiger partial charge is 0.299 e. The molecule has 1 atom stereocenters. The monoisotopic (exact) mass is 459 g/mol. The molecule has 1 unspecified atom stereocenters. The quantitative estimate of drug-likeness (QED) is 0.643. The lowest BCUT2D eigenvalue weighted by Crippen LogP contribution is -2.45. The van der Waals surface area contributed by atoms with Crippen LogP contribution in [0.15, 0.2) is 35.6 Å². The highest BCUT2D eigenvalue weighted by atomic mass is 19.3. The molecule has 2 heterocycles. The SMILES string of the molecule is CC1(c2cc(NC(=O)c3cnc(OCC(F)F)cn3)ccc2F)N=C(N)COCC1(F)F. The number of amides is 1. The van der Waals surface area contributed by atoms with Gasteiger partial charge in [-0.3, -0.25) is 9.79 Å². The number of amidine groups is 1. The summed E-state index contributed by atoms with van der Waals surface area (Å²) in [5.74, 6) is -5.84. The van der Waals surface area contributed by atoms with Crippen molar-refractivity contribution in [3.05, 3.63) is 47.7 Å². The molecule has 0 aliphatic carbocycles. The Balaban J connectivity index is 1.84. The second-order valence-electron chi connectivity index (χ2n) is 6.96. The van der Waals surface area contributed by atoms with E-state index in [-0.39, 0.29) is 29.7 Å². The highest BCUT2D eigenvalue weighted by molar-refractivity contribution is 6.02. The molecule has 32 heavy (non-hydrogen) atoms. The van der Waals surface area contributed by atoms with Crippen LogP contribution in [0.1, 0.15) is 23.0 Å². The number of halogens is 5. The second kappa shape index (κ2) is 9.02. The van der Waals surface area contributed by atoms with Crippen LogP contribution in [0.3, 0.4) is 0 Å². The van der Waals surface area contributed by atoms with Gasteiger partial charge in [0.05, 0.1) is 12.4 Å². The first kappa shape index (κ1) is 23.3. The zero-order valence-corrected chi connectivity index (χ0v) is 16.6. The average molecular weight is 459 g/mol. The molecule has 0 fully saturated rings. The Labute approximate surface area is 178 Å². The minimum absolute atomic E-state index is 0.0258. The number of anilines is 1. The molecule has 1 amide bonds. The average Bonchev–Trinajstić information content (AvgIpc) is 2.83. The Hall–Kier alpha value is -3.35. The van der Waals surface area contributed by atoms with Crippen molar-refractivity contribution in [2.75, 3.05) is 25.1 Å². The number of ether oxygens (including phenoxy) is 2. The maximum Gasteiger partial charge on any atom is 0.299 e. The van der Waals surface area contributed by atoms with Gasteiger partial charge in [-0.1, -0.05) is 0 Å². The Bertz CT molecular complexity index is 1020. The van der Waals surface area contributed by atoms with Crippen molar-refractivity contribution in [2.45, 2.75) is 24.8 Å². The van der Waals surface area contributed by atoms with Gasteiger partial charge in [-0.2, -0.15) is 0 Å². The van der Waals surface area contributed by atoms with Crippen molar-refractivity contribution >= 4 is 17.4 Å². The van der Waals surface area contributed by atoms with Gasteiger partial charge in [0.25, 0.3) is 18.3 Å². The molecule has 0 spiro atoms. The van der Waals surface area contributed by atoms with Crippen LogP contribution in [0.5, 0.6) is 5.88 Å². The number of carbonyl (C=O) groups excluding carboxylic acids is 1. The third-order valence-corrected chi connectivity index (χ3v) is 4.58. The van der Waals surface area contributed by atoms with Gasteiger partial charge in [-0.15, -0.1) is 0 Å². The molecule has 1 aliphatic heterocycles. The van der Waals surface area contributed by atoms with Crippen LogP contribution in [0, 0.1) is 5.82 Å². The van der Waals surface area contributed by atoms with Gasteiger partial charge < -0.3 is 20.5 Å². The van der Waals surface area contributed by atoms with E-state index in [1.807, 2.05) is 0 Å². The fourth-order valence-corrected chi connectivity index (χ4v) is 2.91. The number of rotatable bonds is 6. The number of alkyl halides is 4. The minimum Gasteiger partial charge on any atom is -0.470 e. The summed E-state index contributed by atoms with van der Waals surface area (Å²) in [6.07, 6.45) is -0.761. The van der Waals surface area contributed by atoms with E-state index >= 15 is 0 Å². The number of benzene rings is 1. The van der Waals surface area contributed by atoms with E-state index in [4.69, 9.17) is 10.5 Å². The molecule has 2 aromatic rings. The number of aliphatic imine (C=N–C) groups is 1. The molecule has 0 bridgehead atoms. The molecule has 0 saturated carbocycles. The predicted molar refractivity (Wildman–Crippen MR) is 103 cm³/mol. The van der Waals surface area contributed by atoms with Gasteiger partial charge in [0.2, 0.25) is 5.88 Å². The van der Waals surface area contributed by atoms with Crippen molar-refractivity contribution in [3.8, 4) is 5.88 Å². The minimum atomic E-state index is -3.60. The Kier molecular flexibility index (Phi) is 6.57. The molecule has 0 saturated heterocycles. The predicted octanol–water partition coefficient (Wildman–Crippen LogP) is 2.75. The molecule has 1 aliphatic rings. The van der Waals surface area contributed by atoms with Crippen LogP contribution >= 0.6 is 0 Å². The van der Waals surface area contributed by atoms with Crippen LogP contribution in [0.25, 0.3) is 0 Å². The molecule has 0 radical (unpaired) electrons. The van der Waals surface area contributed by atoms with Gasteiger partial charge in [-0.25, -0.2) is 31.9 Å². The van der Waals surface area contributed by atoms with E-state index < -0.39 is 48.4 Å². The molecule has 8 nitrogen and oxygen atoms in total. The van der Waals surface area contributed by atoms with Crippen molar-refractivity contribution in [2.24, 2.45) is 10.7 Å². The van der Waals surface area contributed by atoms with Crippen molar-refractivity contribution in [1.82, 2.24) is 9.97 Å². The first-order valence-electron chi connectivity index (χ1n) is 9.16. The van der Waals surface area contributed by atoms with Crippen LogP contribution in [0.2, 0.25) is 0 Å². The van der Waals surface area contributed by atoms with E-state index in [1.54, 1.807) is 0 Å². The fraction of sp³-hybridized carbons (Fsp3) is 0.368. The van der Waals surface area contributed by atoms with Gasteiger partial charge in [-0.05, 0) is 25.1 Å². The van der Waals surface area contributed by atoms with Crippen LogP contribution in [0.4, 0.5) is 27.6 Å². The molecule has 1 aromatic heterocycles. The number of aromatic nitrogens is 2. The number of nitrogens with two attached hydrogens (primary N) is 1. The summed E-state index contributed by atoms with van der Waals surface area (Å²) < 4.78 is 77.8. The molecule has 172 valence electrons.